The van der Waals surface area contributed by atoms with E-state index in [-0.39, 0.29) is 40.3 Å². The number of ether oxygens (including phenoxy) is 2. The minimum atomic E-state index is -3.34. The molecular formula is C31H43F2N3O4. The van der Waals surface area contributed by atoms with E-state index in [1.165, 1.54) is 10.7 Å². The fourth-order valence-electron chi connectivity index (χ4n) is 9.93. The molecule has 0 unspecified atom stereocenters. The number of rotatable bonds is 7. The summed E-state index contributed by atoms with van der Waals surface area (Å²) >= 11 is 0. The van der Waals surface area contributed by atoms with E-state index in [1.54, 1.807) is 12.1 Å². The van der Waals surface area contributed by atoms with Crippen LogP contribution in [-0.4, -0.2) is 51.3 Å². The summed E-state index contributed by atoms with van der Waals surface area (Å²) in [5.74, 6) is 2.19. The van der Waals surface area contributed by atoms with E-state index >= 15 is 0 Å². The summed E-state index contributed by atoms with van der Waals surface area (Å²) in [7, 11) is 1.82. The molecule has 9 heteroatoms. The molecule has 0 spiro atoms. The molecule has 1 aromatic carbocycles. The number of aromatic nitrogens is 3. The molecule has 6 rings (SSSR count). The summed E-state index contributed by atoms with van der Waals surface area (Å²) in [4.78, 5) is 13.9. The smallest absolute Gasteiger partial charge is 0.394 e. The molecule has 220 valence electrons. The summed E-state index contributed by atoms with van der Waals surface area (Å²) in [5, 5.41) is 19.1. The van der Waals surface area contributed by atoms with Crippen LogP contribution >= 0.6 is 0 Å². The second kappa shape index (κ2) is 9.72. The SMILES string of the molecule is COC[C@]12CC[C@@](C)(O)C[C@@H]1CC[C@H]1[C@@H]3CC[C@H](C(=O)Cn4nnc5c(OC(C)(F)F)cccc54)[C@@]3(C)CC[C@@H]12. The van der Waals surface area contributed by atoms with Gasteiger partial charge in [-0.3, -0.25) is 4.79 Å². The predicted molar refractivity (Wildman–Crippen MR) is 146 cm³/mol. The Morgan fingerprint density at radius 2 is 1.93 bits per heavy atom. The highest BCUT2D eigenvalue weighted by Crippen LogP contribution is 2.68. The number of nitrogens with zero attached hydrogens (tertiary/aromatic N) is 3. The van der Waals surface area contributed by atoms with E-state index < -0.39 is 11.7 Å². The molecule has 8 atom stereocenters. The van der Waals surface area contributed by atoms with Crippen LogP contribution in [0.3, 0.4) is 0 Å². The van der Waals surface area contributed by atoms with Crippen LogP contribution in [0.4, 0.5) is 8.78 Å². The minimum Gasteiger partial charge on any atom is -0.430 e. The molecule has 2 aromatic rings. The number of hydrogen-bond acceptors (Lipinski definition) is 6. The van der Waals surface area contributed by atoms with Crippen molar-refractivity contribution in [3.63, 3.8) is 0 Å². The third-order valence-electron chi connectivity index (χ3n) is 11.6. The highest BCUT2D eigenvalue weighted by Gasteiger charge is 2.63. The van der Waals surface area contributed by atoms with Crippen molar-refractivity contribution in [2.75, 3.05) is 13.7 Å². The van der Waals surface area contributed by atoms with Crippen molar-refractivity contribution in [3.8, 4) is 5.75 Å². The Morgan fingerprint density at radius 1 is 1.12 bits per heavy atom. The third-order valence-corrected chi connectivity index (χ3v) is 11.6. The predicted octanol–water partition coefficient (Wildman–Crippen LogP) is 6.03. The number of ketones is 1. The molecule has 0 aliphatic heterocycles. The molecule has 4 aliphatic rings. The van der Waals surface area contributed by atoms with Crippen molar-refractivity contribution in [2.24, 2.45) is 40.4 Å². The van der Waals surface area contributed by atoms with Gasteiger partial charge in [-0.15, -0.1) is 5.10 Å². The summed E-state index contributed by atoms with van der Waals surface area (Å²) < 4.78 is 39.2. The molecule has 40 heavy (non-hydrogen) atoms. The standard InChI is InChI=1S/C31H43F2N3O4/c1-28(38)14-15-31(18-39-4)19(16-28)8-9-20-21-10-11-23(29(21,2)13-12-22(20)31)25(37)17-36-24-6-5-7-26(27(24)34-35-36)40-30(3,32)33/h5-7,19-23,38H,8-18H2,1-4H3/t19-,20-,21-,22-,23+,28+,29-,31+/m0/s1. The van der Waals surface area contributed by atoms with Gasteiger partial charge in [-0.1, -0.05) is 18.2 Å². The zero-order chi connectivity index (χ0) is 28.5. The Labute approximate surface area is 235 Å². The maximum absolute atomic E-state index is 13.9. The van der Waals surface area contributed by atoms with Gasteiger partial charge in [0.25, 0.3) is 0 Å². The van der Waals surface area contributed by atoms with Crippen molar-refractivity contribution in [3.05, 3.63) is 18.2 Å². The first kappa shape index (κ1) is 28.0. The molecule has 4 aliphatic carbocycles. The number of halogens is 2. The minimum absolute atomic E-state index is 0.0419. The van der Waals surface area contributed by atoms with Gasteiger partial charge in [-0.05, 0) is 111 Å². The highest BCUT2D eigenvalue weighted by atomic mass is 19.3. The zero-order valence-electron chi connectivity index (χ0n) is 24.2. The maximum Gasteiger partial charge on any atom is 0.394 e. The molecule has 1 aromatic heterocycles. The average Bonchev–Trinajstić information content (AvgIpc) is 3.44. The Kier molecular flexibility index (Phi) is 6.81. The molecule has 0 amide bonds. The second-order valence-corrected chi connectivity index (χ2v) is 13.9. The summed E-state index contributed by atoms with van der Waals surface area (Å²) in [6.45, 7) is 5.85. The molecule has 4 saturated carbocycles. The van der Waals surface area contributed by atoms with E-state index in [4.69, 9.17) is 9.47 Å². The number of benzene rings is 1. The Morgan fingerprint density at radius 3 is 2.67 bits per heavy atom. The second-order valence-electron chi connectivity index (χ2n) is 13.9. The largest absolute Gasteiger partial charge is 0.430 e. The quantitative estimate of drug-likeness (QED) is 0.446. The lowest BCUT2D eigenvalue weighted by Crippen LogP contribution is -2.58. The Hall–Kier alpha value is -2.13. The number of Topliss-reactive ketones (excluding diaryl/α,β-unsaturated/α-hetero) is 1. The van der Waals surface area contributed by atoms with Crippen molar-refractivity contribution in [1.82, 2.24) is 15.0 Å². The van der Waals surface area contributed by atoms with Gasteiger partial charge in [0.1, 0.15) is 6.54 Å². The average molecular weight is 560 g/mol. The number of fused-ring (bicyclic) bond motifs is 6. The van der Waals surface area contributed by atoms with Crippen LogP contribution in [0.5, 0.6) is 5.75 Å². The number of carbonyl (C=O) groups excluding carboxylic acids is 1. The van der Waals surface area contributed by atoms with Gasteiger partial charge in [-0.25, -0.2) is 4.68 Å². The van der Waals surface area contributed by atoms with Crippen molar-refractivity contribution >= 4 is 16.8 Å². The molecule has 0 radical (unpaired) electrons. The summed E-state index contributed by atoms with van der Waals surface area (Å²) in [6.07, 6.45) is 5.70. The van der Waals surface area contributed by atoms with Crippen molar-refractivity contribution in [2.45, 2.75) is 96.8 Å². The van der Waals surface area contributed by atoms with Crippen molar-refractivity contribution in [1.29, 1.82) is 0 Å². The normalized spacial score (nSPS) is 39.4. The Bertz CT molecular complexity index is 1270. The monoisotopic (exact) mass is 559 g/mol. The number of aliphatic hydroxyl groups is 1. The molecule has 7 nitrogen and oxygen atoms in total. The number of carbonyl (C=O) groups is 1. The topological polar surface area (TPSA) is 86.5 Å². The van der Waals surface area contributed by atoms with Crippen LogP contribution in [0.25, 0.3) is 11.0 Å². The van der Waals surface area contributed by atoms with E-state index in [1.807, 2.05) is 14.0 Å². The lowest BCUT2D eigenvalue weighted by Gasteiger charge is -2.62. The van der Waals surface area contributed by atoms with Gasteiger partial charge < -0.3 is 14.6 Å². The maximum atomic E-state index is 13.9. The molecule has 1 N–H and O–H groups in total. The number of hydrogen-bond donors (Lipinski definition) is 1. The van der Waals surface area contributed by atoms with Gasteiger partial charge in [0.2, 0.25) is 0 Å². The number of methoxy groups -OCH3 is 1. The summed E-state index contributed by atoms with van der Waals surface area (Å²) in [5.41, 5.74) is 0.233. The molecule has 4 fully saturated rings. The van der Waals surface area contributed by atoms with Gasteiger partial charge in [0.15, 0.2) is 17.0 Å². The van der Waals surface area contributed by atoms with E-state index in [9.17, 15) is 18.7 Å². The fourth-order valence-corrected chi connectivity index (χ4v) is 9.93. The van der Waals surface area contributed by atoms with Crippen LogP contribution in [0.15, 0.2) is 18.2 Å². The molecule has 0 saturated heterocycles. The molecular weight excluding hydrogens is 516 g/mol. The fraction of sp³-hybridized carbons (Fsp3) is 0.774. The first-order valence-corrected chi connectivity index (χ1v) is 15.0. The first-order chi connectivity index (χ1) is 18.9. The summed E-state index contributed by atoms with van der Waals surface area (Å²) in [6, 6.07) is 4.81. The lowest BCUT2D eigenvalue weighted by molar-refractivity contribution is -0.175. The van der Waals surface area contributed by atoms with E-state index in [2.05, 4.69) is 17.2 Å². The first-order valence-electron chi connectivity index (χ1n) is 15.0. The van der Waals surface area contributed by atoms with Crippen LogP contribution in [0, 0.1) is 40.4 Å². The van der Waals surface area contributed by atoms with E-state index in [0.29, 0.717) is 36.1 Å². The van der Waals surface area contributed by atoms with Gasteiger partial charge in [0.05, 0.1) is 17.7 Å². The van der Waals surface area contributed by atoms with Crippen LogP contribution < -0.4 is 4.74 Å². The van der Waals surface area contributed by atoms with Crippen LogP contribution in [0.2, 0.25) is 0 Å². The third kappa shape index (κ3) is 4.55. The van der Waals surface area contributed by atoms with Crippen molar-refractivity contribution < 1.29 is 28.2 Å². The highest BCUT2D eigenvalue weighted by molar-refractivity contribution is 5.86. The van der Waals surface area contributed by atoms with Crippen LogP contribution in [0.1, 0.15) is 78.6 Å². The number of alkyl halides is 2. The Balaban J connectivity index is 1.22. The lowest BCUT2D eigenvalue weighted by atomic mass is 9.43. The zero-order valence-corrected chi connectivity index (χ0v) is 24.2. The molecule has 1 heterocycles. The van der Waals surface area contributed by atoms with Crippen LogP contribution in [-0.2, 0) is 16.1 Å². The van der Waals surface area contributed by atoms with Gasteiger partial charge in [0, 0.05) is 20.0 Å². The van der Waals surface area contributed by atoms with E-state index in [0.717, 1.165) is 64.4 Å². The molecule has 0 bridgehead atoms. The van der Waals surface area contributed by atoms with Gasteiger partial charge >= 0.3 is 6.11 Å². The van der Waals surface area contributed by atoms with Gasteiger partial charge in [-0.2, -0.15) is 8.78 Å².